The summed E-state index contributed by atoms with van der Waals surface area (Å²) >= 11 is 1.11. The summed E-state index contributed by atoms with van der Waals surface area (Å²) in [6.45, 7) is 0. The lowest BCUT2D eigenvalue weighted by Crippen LogP contribution is -2.31. The molecular weight excluding hydrogens is 398 g/mol. The van der Waals surface area contributed by atoms with Crippen molar-refractivity contribution >= 4 is 28.2 Å². The Morgan fingerprint density at radius 2 is 2.03 bits per heavy atom. The van der Waals surface area contributed by atoms with E-state index in [1.54, 1.807) is 24.3 Å². The predicted octanol–water partition coefficient (Wildman–Crippen LogP) is 2.93. The van der Waals surface area contributed by atoms with Crippen LogP contribution < -0.4 is 14.4 Å². The molecule has 0 fully saturated rings. The molecule has 0 saturated heterocycles. The van der Waals surface area contributed by atoms with E-state index in [0.29, 0.717) is 17.1 Å². The minimum atomic E-state index is -0.951. The van der Waals surface area contributed by atoms with Gasteiger partial charge in [0.15, 0.2) is 23.0 Å². The summed E-state index contributed by atoms with van der Waals surface area (Å²) in [6, 6.07) is 7.04. The zero-order valence-corrected chi connectivity index (χ0v) is 16.2. The zero-order chi connectivity index (χ0) is 20.5. The number of hydrogen-bond acceptors (Lipinski definition) is 9. The molecule has 148 valence electrons. The molecule has 4 rings (SSSR count). The van der Waals surface area contributed by atoms with Crippen LogP contribution in [0.1, 0.15) is 22.2 Å². The summed E-state index contributed by atoms with van der Waals surface area (Å²) in [5.41, 5.74) is 1.86. The van der Waals surface area contributed by atoms with Gasteiger partial charge in [0.1, 0.15) is 5.51 Å². The van der Waals surface area contributed by atoms with Crippen molar-refractivity contribution in [3.8, 4) is 11.5 Å². The number of anilines is 1. The highest BCUT2D eigenvalue weighted by Gasteiger charge is 2.46. The molecule has 0 aliphatic carbocycles. The molecule has 0 radical (unpaired) electrons. The van der Waals surface area contributed by atoms with E-state index in [4.69, 9.17) is 13.9 Å². The normalized spacial score (nSPS) is 16.4. The van der Waals surface area contributed by atoms with Crippen molar-refractivity contribution in [2.45, 2.75) is 6.04 Å². The van der Waals surface area contributed by atoms with Gasteiger partial charge in [-0.2, -0.15) is 0 Å². The molecule has 1 N–H and O–H groups in total. The van der Waals surface area contributed by atoms with Crippen molar-refractivity contribution in [1.29, 1.82) is 0 Å². The van der Waals surface area contributed by atoms with E-state index in [1.807, 2.05) is 0 Å². The number of nitrogens with zero attached hydrogens (tertiary/aromatic N) is 3. The topological polar surface area (TPSA) is 115 Å². The molecule has 1 amide bonds. The molecule has 0 bridgehead atoms. The molecule has 1 atom stereocenters. The molecular formula is C19H15N3O6S. The van der Waals surface area contributed by atoms with Gasteiger partial charge in [0, 0.05) is 0 Å². The second kappa shape index (κ2) is 7.40. The van der Waals surface area contributed by atoms with Crippen LogP contribution in [-0.4, -0.2) is 41.2 Å². The van der Waals surface area contributed by atoms with Crippen molar-refractivity contribution in [2.75, 3.05) is 19.1 Å². The Morgan fingerprint density at radius 3 is 2.66 bits per heavy atom. The molecule has 1 aliphatic heterocycles. The lowest BCUT2D eigenvalue weighted by Gasteiger charge is -2.24. The van der Waals surface area contributed by atoms with Gasteiger partial charge < -0.3 is 19.0 Å². The Labute approximate surface area is 168 Å². The van der Waals surface area contributed by atoms with Crippen LogP contribution in [0.3, 0.4) is 0 Å². The Kier molecular flexibility index (Phi) is 4.77. The van der Waals surface area contributed by atoms with Gasteiger partial charge in [-0.3, -0.25) is 14.5 Å². The number of benzene rings is 1. The summed E-state index contributed by atoms with van der Waals surface area (Å²) < 4.78 is 15.8. The molecule has 29 heavy (non-hydrogen) atoms. The number of aliphatic hydroxyl groups excluding tert-OH is 1. The van der Waals surface area contributed by atoms with Crippen LogP contribution in [0.4, 0.5) is 5.13 Å². The van der Waals surface area contributed by atoms with Gasteiger partial charge in [-0.05, 0) is 29.8 Å². The maximum absolute atomic E-state index is 13.1. The Bertz CT molecular complexity index is 1090. The smallest absolute Gasteiger partial charge is 0.296 e. The van der Waals surface area contributed by atoms with Crippen LogP contribution in [0.15, 0.2) is 57.9 Å². The number of hydrogen-bond donors (Lipinski definition) is 1. The van der Waals surface area contributed by atoms with E-state index in [9.17, 15) is 14.7 Å². The molecule has 1 unspecified atom stereocenters. The second-order valence-electron chi connectivity index (χ2n) is 5.98. The first-order valence-electron chi connectivity index (χ1n) is 8.39. The number of carbonyl (C=O) groups excluding carboxylic acids is 2. The maximum atomic E-state index is 13.1. The third-order valence-corrected chi connectivity index (χ3v) is 5.16. The Hall–Kier alpha value is -3.66. The lowest BCUT2D eigenvalue weighted by atomic mass is 9.95. The van der Waals surface area contributed by atoms with Crippen LogP contribution in [0.2, 0.25) is 0 Å². The summed E-state index contributed by atoms with van der Waals surface area (Å²) in [5.74, 6) is -1.13. The zero-order valence-electron chi connectivity index (χ0n) is 15.4. The summed E-state index contributed by atoms with van der Waals surface area (Å²) in [4.78, 5) is 27.2. The molecule has 1 aromatic carbocycles. The average Bonchev–Trinajstić information content (AvgIpc) is 3.49. The van der Waals surface area contributed by atoms with Gasteiger partial charge in [0.2, 0.25) is 10.9 Å². The fourth-order valence-electron chi connectivity index (χ4n) is 3.19. The number of Topliss-reactive ketones (excluding diaryl/α,β-unsaturated/α-hetero) is 1. The van der Waals surface area contributed by atoms with Gasteiger partial charge in [0.05, 0.1) is 32.1 Å². The third kappa shape index (κ3) is 3.03. The van der Waals surface area contributed by atoms with Gasteiger partial charge in [-0.1, -0.05) is 17.4 Å². The predicted molar refractivity (Wildman–Crippen MR) is 102 cm³/mol. The van der Waals surface area contributed by atoms with Gasteiger partial charge in [-0.15, -0.1) is 10.2 Å². The Morgan fingerprint density at radius 1 is 1.24 bits per heavy atom. The van der Waals surface area contributed by atoms with E-state index < -0.39 is 23.5 Å². The highest BCUT2D eigenvalue weighted by molar-refractivity contribution is 7.13. The van der Waals surface area contributed by atoms with E-state index in [-0.39, 0.29) is 16.5 Å². The number of methoxy groups -OCH3 is 2. The van der Waals surface area contributed by atoms with Crippen LogP contribution in [0, 0.1) is 0 Å². The van der Waals surface area contributed by atoms with E-state index in [1.165, 1.54) is 37.0 Å². The van der Waals surface area contributed by atoms with Gasteiger partial charge >= 0.3 is 0 Å². The van der Waals surface area contributed by atoms with Gasteiger partial charge in [-0.25, -0.2) is 0 Å². The van der Waals surface area contributed by atoms with E-state index in [0.717, 1.165) is 11.3 Å². The molecule has 0 saturated carbocycles. The number of aliphatic hydroxyl groups is 1. The number of aromatic nitrogens is 2. The number of rotatable bonds is 6. The fraction of sp³-hybridized carbons (Fsp3) is 0.158. The van der Waals surface area contributed by atoms with Crippen LogP contribution in [-0.2, 0) is 4.79 Å². The number of ketones is 1. The van der Waals surface area contributed by atoms with Crippen molar-refractivity contribution in [1.82, 2.24) is 10.2 Å². The highest BCUT2D eigenvalue weighted by atomic mass is 32.1. The molecule has 10 heteroatoms. The van der Waals surface area contributed by atoms with Gasteiger partial charge in [0.25, 0.3) is 5.91 Å². The first-order valence-corrected chi connectivity index (χ1v) is 9.27. The average molecular weight is 413 g/mol. The largest absolute Gasteiger partial charge is 0.503 e. The molecule has 3 heterocycles. The molecule has 1 aliphatic rings. The van der Waals surface area contributed by atoms with E-state index >= 15 is 0 Å². The SMILES string of the molecule is COc1ccc(C2C(C(=O)c3ccco3)=C(O)C(=O)N2c2nncs2)cc1OC. The third-order valence-electron chi connectivity index (χ3n) is 4.48. The second-order valence-corrected chi connectivity index (χ2v) is 6.79. The van der Waals surface area contributed by atoms with Crippen LogP contribution in [0.5, 0.6) is 11.5 Å². The van der Waals surface area contributed by atoms with Crippen molar-refractivity contribution in [3.63, 3.8) is 0 Å². The first kappa shape index (κ1) is 18.7. The molecule has 3 aromatic rings. The molecule has 0 spiro atoms. The summed E-state index contributed by atoms with van der Waals surface area (Å²) in [5, 5.41) is 18.5. The quantitative estimate of drug-likeness (QED) is 0.614. The Balaban J connectivity index is 1.89. The summed E-state index contributed by atoms with van der Waals surface area (Å²) in [7, 11) is 2.98. The van der Waals surface area contributed by atoms with Crippen LogP contribution in [0.25, 0.3) is 0 Å². The van der Waals surface area contributed by atoms with Crippen molar-refractivity contribution < 1.29 is 28.6 Å². The number of furan rings is 1. The van der Waals surface area contributed by atoms with Crippen molar-refractivity contribution in [3.05, 3.63) is 64.8 Å². The minimum absolute atomic E-state index is 0.00365. The number of ether oxygens (including phenoxy) is 2. The first-order chi connectivity index (χ1) is 14.1. The lowest BCUT2D eigenvalue weighted by molar-refractivity contribution is -0.117. The highest BCUT2D eigenvalue weighted by Crippen LogP contribution is 2.44. The van der Waals surface area contributed by atoms with Crippen LogP contribution >= 0.6 is 11.3 Å². The maximum Gasteiger partial charge on any atom is 0.296 e. The summed E-state index contributed by atoms with van der Waals surface area (Å²) in [6.07, 6.45) is 1.34. The minimum Gasteiger partial charge on any atom is -0.503 e. The molecule has 2 aromatic heterocycles. The number of carbonyl (C=O) groups is 2. The van der Waals surface area contributed by atoms with E-state index in [2.05, 4.69) is 10.2 Å². The fourth-order valence-corrected chi connectivity index (χ4v) is 3.77. The standard InChI is InChI=1S/C19H15N3O6S/c1-26-11-6-5-10(8-13(11)27-2)15-14(16(23)12-4-3-7-28-12)17(24)18(25)22(15)19-21-20-9-29-19/h3-9,15,24H,1-2H3. The molecule has 9 nitrogen and oxygen atoms in total. The number of amides is 1. The van der Waals surface area contributed by atoms with Crippen molar-refractivity contribution in [2.24, 2.45) is 0 Å². The monoisotopic (exact) mass is 413 g/mol.